The third-order valence-electron chi connectivity index (χ3n) is 5.50. The first-order valence-electron chi connectivity index (χ1n) is 10.7. The van der Waals surface area contributed by atoms with Gasteiger partial charge in [-0.3, -0.25) is 4.99 Å². The van der Waals surface area contributed by atoms with Gasteiger partial charge in [-0.2, -0.15) is 0 Å². The van der Waals surface area contributed by atoms with E-state index in [0.717, 1.165) is 16.3 Å². The minimum Gasteiger partial charge on any atom is -0.368 e. The second kappa shape index (κ2) is 10.6. The molecule has 0 radical (unpaired) electrons. The molecule has 4 rings (SSSR count). The average Bonchev–Trinajstić information content (AvgIpc) is 3.22. The second-order valence-electron chi connectivity index (χ2n) is 8.06. The Labute approximate surface area is 188 Å². The van der Waals surface area contributed by atoms with Gasteiger partial charge in [0, 0.05) is 14.1 Å². The third-order valence-corrected chi connectivity index (χ3v) is 6.80. The minimum atomic E-state index is -0.250. The van der Waals surface area contributed by atoms with E-state index in [1.807, 2.05) is 55.4 Å². The zero-order valence-corrected chi connectivity index (χ0v) is 18.9. The lowest BCUT2D eigenvalue weighted by atomic mass is 9.95. The number of nitrogens with two attached hydrogens (primary N) is 1. The van der Waals surface area contributed by atoms with Gasteiger partial charge in [-0.1, -0.05) is 72.4 Å². The van der Waals surface area contributed by atoms with Gasteiger partial charge in [0.15, 0.2) is 5.17 Å². The van der Waals surface area contributed by atoms with Crippen LogP contribution in [0, 0.1) is 0 Å². The van der Waals surface area contributed by atoms with E-state index in [0.29, 0.717) is 26.2 Å². The van der Waals surface area contributed by atoms with Crippen LogP contribution in [0.15, 0.2) is 65.7 Å². The fourth-order valence-electron chi connectivity index (χ4n) is 3.93. The van der Waals surface area contributed by atoms with Crippen LogP contribution < -0.4 is 5.73 Å². The fourth-order valence-corrected chi connectivity index (χ4v) is 5.09. The summed E-state index contributed by atoms with van der Waals surface area (Å²) < 4.78 is 19.4. The van der Waals surface area contributed by atoms with Crippen LogP contribution in [0.25, 0.3) is 0 Å². The quantitative estimate of drug-likeness (QED) is 0.678. The SMILES string of the molecule is CN(C)C1=N[C@@H]2[C@@H](OCc3ccccc3)[C@@H](OCc3ccccc3)[C@@H](CCN)O[C@@H]2S1. The van der Waals surface area contributed by atoms with Gasteiger partial charge in [0.05, 0.1) is 19.3 Å². The number of ether oxygens (including phenoxy) is 3. The second-order valence-corrected chi connectivity index (χ2v) is 9.12. The van der Waals surface area contributed by atoms with E-state index in [4.69, 9.17) is 24.9 Å². The molecule has 0 unspecified atom stereocenters. The molecule has 0 bridgehead atoms. The number of amidine groups is 1. The Bertz CT molecular complexity index is 850. The molecule has 0 saturated carbocycles. The molecule has 2 aromatic rings. The number of hydrogen-bond donors (Lipinski definition) is 1. The Balaban J connectivity index is 1.57. The maximum absolute atomic E-state index is 6.50. The molecule has 31 heavy (non-hydrogen) atoms. The highest BCUT2D eigenvalue weighted by Gasteiger charge is 2.50. The maximum Gasteiger partial charge on any atom is 0.161 e. The van der Waals surface area contributed by atoms with Crippen molar-refractivity contribution in [2.45, 2.75) is 49.4 Å². The van der Waals surface area contributed by atoms with E-state index in [1.165, 1.54) is 0 Å². The van der Waals surface area contributed by atoms with Crippen molar-refractivity contribution in [1.82, 2.24) is 4.90 Å². The van der Waals surface area contributed by atoms with Crippen LogP contribution in [0.2, 0.25) is 0 Å². The predicted molar refractivity (Wildman–Crippen MR) is 125 cm³/mol. The number of hydrogen-bond acceptors (Lipinski definition) is 7. The first-order valence-corrected chi connectivity index (χ1v) is 11.6. The summed E-state index contributed by atoms with van der Waals surface area (Å²) >= 11 is 1.65. The molecule has 7 heteroatoms. The summed E-state index contributed by atoms with van der Waals surface area (Å²) in [7, 11) is 4.01. The Morgan fingerprint density at radius 3 is 2.06 bits per heavy atom. The van der Waals surface area contributed by atoms with Gasteiger partial charge in [0.2, 0.25) is 0 Å². The summed E-state index contributed by atoms with van der Waals surface area (Å²) in [6.45, 7) is 1.54. The van der Waals surface area contributed by atoms with Crippen molar-refractivity contribution in [3.63, 3.8) is 0 Å². The van der Waals surface area contributed by atoms with Gasteiger partial charge < -0.3 is 24.8 Å². The monoisotopic (exact) mass is 441 g/mol. The smallest absolute Gasteiger partial charge is 0.161 e. The molecule has 1 saturated heterocycles. The maximum atomic E-state index is 6.50. The molecule has 2 N–H and O–H groups in total. The lowest BCUT2D eigenvalue weighted by Gasteiger charge is -2.42. The molecule has 0 aliphatic carbocycles. The Hall–Kier alpha value is -1.90. The summed E-state index contributed by atoms with van der Waals surface area (Å²) in [5, 5.41) is 0.957. The van der Waals surface area contributed by atoms with E-state index in [9.17, 15) is 0 Å². The van der Waals surface area contributed by atoms with Crippen LogP contribution in [-0.2, 0) is 27.4 Å². The first-order chi connectivity index (χ1) is 15.2. The van der Waals surface area contributed by atoms with E-state index in [-0.39, 0.29) is 29.8 Å². The highest BCUT2D eigenvalue weighted by Crippen LogP contribution is 2.40. The number of nitrogens with zero attached hydrogens (tertiary/aromatic N) is 2. The molecule has 1 fully saturated rings. The number of rotatable bonds is 8. The molecule has 0 spiro atoms. The molecule has 2 aromatic carbocycles. The largest absolute Gasteiger partial charge is 0.368 e. The van der Waals surface area contributed by atoms with Crippen molar-refractivity contribution in [1.29, 1.82) is 0 Å². The van der Waals surface area contributed by atoms with Gasteiger partial charge in [0.1, 0.15) is 23.7 Å². The summed E-state index contributed by atoms with van der Waals surface area (Å²) in [5.74, 6) is 0. The molecule has 6 nitrogen and oxygen atoms in total. The summed E-state index contributed by atoms with van der Waals surface area (Å²) in [6.07, 6.45) is 0.106. The van der Waals surface area contributed by atoms with E-state index in [1.54, 1.807) is 11.8 Å². The zero-order valence-electron chi connectivity index (χ0n) is 18.1. The number of thioether (sulfide) groups is 1. The van der Waals surface area contributed by atoms with E-state index in [2.05, 4.69) is 24.3 Å². The van der Waals surface area contributed by atoms with Gasteiger partial charge in [0.25, 0.3) is 0 Å². The molecule has 0 amide bonds. The molecule has 2 heterocycles. The molecular formula is C24H31N3O3S. The first kappa shape index (κ1) is 22.3. The van der Waals surface area contributed by atoms with E-state index >= 15 is 0 Å². The summed E-state index contributed by atoms with van der Waals surface area (Å²) in [4.78, 5) is 6.97. The molecule has 0 aromatic heterocycles. The van der Waals surface area contributed by atoms with Crippen LogP contribution in [0.4, 0.5) is 0 Å². The van der Waals surface area contributed by atoms with Gasteiger partial charge >= 0.3 is 0 Å². The normalized spacial score (nSPS) is 27.6. The molecule has 2 aliphatic heterocycles. The van der Waals surface area contributed by atoms with Crippen LogP contribution in [-0.4, -0.2) is 60.5 Å². The Kier molecular flexibility index (Phi) is 7.63. The Morgan fingerprint density at radius 2 is 1.52 bits per heavy atom. The number of benzene rings is 2. The predicted octanol–water partition coefficient (Wildman–Crippen LogP) is 3.26. The van der Waals surface area contributed by atoms with Crippen LogP contribution >= 0.6 is 11.8 Å². The van der Waals surface area contributed by atoms with Crippen molar-refractivity contribution >= 4 is 16.9 Å². The lowest BCUT2D eigenvalue weighted by molar-refractivity contribution is -0.198. The summed E-state index contributed by atoms with van der Waals surface area (Å²) in [6, 6.07) is 20.3. The third kappa shape index (κ3) is 5.48. The van der Waals surface area contributed by atoms with Crippen molar-refractivity contribution in [3.05, 3.63) is 71.8 Å². The van der Waals surface area contributed by atoms with E-state index < -0.39 is 0 Å². The van der Waals surface area contributed by atoms with Crippen LogP contribution in [0.5, 0.6) is 0 Å². The molecule has 5 atom stereocenters. The fraction of sp³-hybridized carbons (Fsp3) is 0.458. The van der Waals surface area contributed by atoms with Gasteiger partial charge in [-0.25, -0.2) is 0 Å². The number of fused-ring (bicyclic) bond motifs is 1. The average molecular weight is 442 g/mol. The lowest BCUT2D eigenvalue weighted by Crippen LogP contribution is -2.57. The van der Waals surface area contributed by atoms with Crippen molar-refractivity contribution in [3.8, 4) is 0 Å². The standard InChI is InChI=1S/C24H31N3O3S/c1-27(2)24-26-20-22(29-16-18-11-7-4-8-12-18)21(19(13-14-25)30-23(20)31-24)28-15-17-9-5-3-6-10-17/h3-12,19-23H,13-16,25H2,1-2H3/t19-,20-,21+,22-,23-/m1/s1. The summed E-state index contributed by atoms with van der Waals surface area (Å²) in [5.41, 5.74) is 8.09. The van der Waals surface area contributed by atoms with Crippen LogP contribution in [0.3, 0.4) is 0 Å². The zero-order chi connectivity index (χ0) is 21.6. The highest BCUT2D eigenvalue weighted by atomic mass is 32.2. The number of aliphatic imine (C=N–C) groups is 1. The van der Waals surface area contributed by atoms with Gasteiger partial charge in [-0.05, 0) is 24.1 Å². The van der Waals surface area contributed by atoms with Crippen molar-refractivity contribution < 1.29 is 14.2 Å². The van der Waals surface area contributed by atoms with Crippen molar-refractivity contribution in [2.24, 2.45) is 10.7 Å². The molecule has 166 valence electrons. The molecular weight excluding hydrogens is 410 g/mol. The molecule has 2 aliphatic rings. The minimum absolute atomic E-state index is 0.0914. The van der Waals surface area contributed by atoms with Gasteiger partial charge in [-0.15, -0.1) is 0 Å². The highest BCUT2D eigenvalue weighted by molar-refractivity contribution is 8.14. The van der Waals surface area contributed by atoms with Crippen LogP contribution in [0.1, 0.15) is 17.5 Å². The Morgan fingerprint density at radius 1 is 0.935 bits per heavy atom. The topological polar surface area (TPSA) is 69.3 Å². The van der Waals surface area contributed by atoms with Crippen molar-refractivity contribution in [2.75, 3.05) is 20.6 Å².